The van der Waals surface area contributed by atoms with Crippen LogP contribution in [-0.4, -0.2) is 70.9 Å². The van der Waals surface area contributed by atoms with Gasteiger partial charge in [-0.15, -0.1) is 13.2 Å². The lowest BCUT2D eigenvalue weighted by Crippen LogP contribution is -2.33. The molecule has 4 N–H and O–H groups in total. The topological polar surface area (TPSA) is 99.5 Å². The first kappa shape index (κ1) is 19.6. The Bertz CT molecular complexity index is 741. The second-order valence-electron chi connectivity index (χ2n) is 6.85. The van der Waals surface area contributed by atoms with E-state index in [4.69, 9.17) is 17.0 Å². The van der Waals surface area contributed by atoms with Gasteiger partial charge in [0.2, 0.25) is 0 Å². The maximum absolute atomic E-state index is 11.9. The first-order valence-corrected chi connectivity index (χ1v) is 11.3. The van der Waals surface area contributed by atoms with E-state index in [1.54, 1.807) is 13.2 Å². The van der Waals surface area contributed by atoms with Crippen LogP contribution in [0.25, 0.3) is 0 Å². The molecule has 7 nitrogen and oxygen atoms in total. The minimum absolute atomic E-state index is 0.154. The SMILES string of the molecule is C=P(C)(C)CCC1O[C@@H](n2cc(CNC)c(=O)[nH]c2=S)[C@H](O)[C@@H]1O. The molecular weight excluding hydrogens is 349 g/mol. The van der Waals surface area contributed by atoms with Crippen LogP contribution >= 0.6 is 19.1 Å². The van der Waals surface area contributed by atoms with Gasteiger partial charge in [0, 0.05) is 18.3 Å². The molecule has 0 aliphatic carbocycles. The van der Waals surface area contributed by atoms with Crippen molar-refractivity contribution in [1.29, 1.82) is 0 Å². The minimum Gasteiger partial charge on any atom is -0.388 e. The highest BCUT2D eigenvalue weighted by atomic mass is 32.1. The van der Waals surface area contributed by atoms with Gasteiger partial charge in [0.1, 0.15) is 12.2 Å². The monoisotopic (exact) mass is 375 g/mol. The zero-order chi connectivity index (χ0) is 18.1. The molecule has 0 saturated carbocycles. The van der Waals surface area contributed by atoms with Crippen molar-refractivity contribution in [1.82, 2.24) is 14.9 Å². The minimum atomic E-state index is -1.24. The average Bonchev–Trinajstić information content (AvgIpc) is 2.75. The number of rotatable bonds is 6. The lowest BCUT2D eigenvalue weighted by Gasteiger charge is -2.20. The molecule has 2 heterocycles. The summed E-state index contributed by atoms with van der Waals surface area (Å²) in [6.07, 6.45) is 3.79. The van der Waals surface area contributed by atoms with E-state index in [1.165, 1.54) is 4.57 Å². The largest absolute Gasteiger partial charge is 0.388 e. The number of nitrogens with one attached hydrogen (secondary N) is 2. The highest BCUT2D eigenvalue weighted by Gasteiger charge is 2.43. The summed E-state index contributed by atoms with van der Waals surface area (Å²) in [5, 5.41) is 23.6. The predicted molar refractivity (Wildman–Crippen MR) is 99.9 cm³/mol. The molecule has 136 valence electrons. The maximum Gasteiger partial charge on any atom is 0.256 e. The van der Waals surface area contributed by atoms with Crippen LogP contribution in [0.15, 0.2) is 11.0 Å². The number of hydrogen-bond acceptors (Lipinski definition) is 6. The van der Waals surface area contributed by atoms with Crippen molar-refractivity contribution >= 4 is 25.4 Å². The maximum atomic E-state index is 11.9. The zero-order valence-corrected chi connectivity index (χ0v) is 15.9. The van der Waals surface area contributed by atoms with Gasteiger partial charge >= 0.3 is 0 Å². The molecule has 0 amide bonds. The van der Waals surface area contributed by atoms with Gasteiger partial charge in [0.05, 0.1) is 6.10 Å². The summed E-state index contributed by atoms with van der Waals surface area (Å²) in [6.45, 7) is 3.35. The summed E-state index contributed by atoms with van der Waals surface area (Å²) in [4.78, 5) is 14.5. The highest BCUT2D eigenvalue weighted by Crippen LogP contribution is 2.39. The highest BCUT2D eigenvalue weighted by molar-refractivity contribution is 7.72. The van der Waals surface area contributed by atoms with Crippen molar-refractivity contribution in [2.75, 3.05) is 26.5 Å². The van der Waals surface area contributed by atoms with E-state index in [0.717, 1.165) is 6.16 Å². The molecule has 1 aliphatic heterocycles. The van der Waals surface area contributed by atoms with Gasteiger partial charge < -0.3 is 20.3 Å². The average molecular weight is 375 g/mol. The van der Waals surface area contributed by atoms with Crippen LogP contribution in [0.2, 0.25) is 0 Å². The second kappa shape index (κ2) is 7.64. The molecule has 0 aromatic carbocycles. The van der Waals surface area contributed by atoms with Crippen molar-refractivity contribution in [2.45, 2.75) is 37.5 Å². The fourth-order valence-electron chi connectivity index (χ4n) is 2.71. The summed E-state index contributed by atoms with van der Waals surface area (Å²) in [5.41, 5.74) is 0.198. The Morgan fingerprint density at radius 2 is 2.12 bits per heavy atom. The van der Waals surface area contributed by atoms with E-state index in [2.05, 4.69) is 29.9 Å². The van der Waals surface area contributed by atoms with Crippen LogP contribution in [0.1, 0.15) is 18.2 Å². The van der Waals surface area contributed by atoms with Gasteiger partial charge in [-0.3, -0.25) is 14.3 Å². The fraction of sp³-hybridized carbons (Fsp3) is 0.667. The molecule has 0 bridgehead atoms. The van der Waals surface area contributed by atoms with E-state index < -0.39 is 31.4 Å². The van der Waals surface area contributed by atoms with E-state index >= 15 is 0 Å². The quantitative estimate of drug-likeness (QED) is 0.423. The van der Waals surface area contributed by atoms with Crippen molar-refractivity contribution in [3.63, 3.8) is 0 Å². The molecule has 1 aromatic rings. The molecule has 0 radical (unpaired) electrons. The van der Waals surface area contributed by atoms with E-state index in [1.807, 2.05) is 0 Å². The molecule has 1 aromatic heterocycles. The zero-order valence-electron chi connectivity index (χ0n) is 14.2. The third-order valence-electron chi connectivity index (χ3n) is 4.04. The van der Waals surface area contributed by atoms with Gasteiger partial charge in [-0.05, 0) is 45.2 Å². The summed E-state index contributed by atoms with van der Waals surface area (Å²) >= 11 is 5.18. The molecule has 24 heavy (non-hydrogen) atoms. The molecule has 0 spiro atoms. The Morgan fingerprint density at radius 1 is 1.46 bits per heavy atom. The van der Waals surface area contributed by atoms with Gasteiger partial charge in [-0.1, -0.05) is 0 Å². The van der Waals surface area contributed by atoms with Gasteiger partial charge in [-0.25, -0.2) is 0 Å². The number of aromatic nitrogens is 2. The lowest BCUT2D eigenvalue weighted by atomic mass is 10.1. The first-order valence-electron chi connectivity index (χ1n) is 7.82. The number of hydrogen-bond donors (Lipinski definition) is 4. The van der Waals surface area contributed by atoms with Crippen molar-refractivity contribution in [3.8, 4) is 0 Å². The normalized spacial score (nSPS) is 27.5. The summed E-state index contributed by atoms with van der Waals surface area (Å²) in [7, 11) is 1.73. The summed E-state index contributed by atoms with van der Waals surface area (Å²) < 4.78 is 7.52. The van der Waals surface area contributed by atoms with Crippen LogP contribution in [0, 0.1) is 4.77 Å². The third kappa shape index (κ3) is 4.45. The Balaban J connectivity index is 2.26. The summed E-state index contributed by atoms with van der Waals surface area (Å²) in [5.74, 6) is 0. The van der Waals surface area contributed by atoms with Crippen molar-refractivity contribution in [2.24, 2.45) is 0 Å². The van der Waals surface area contributed by atoms with E-state index in [-0.39, 0.29) is 10.3 Å². The molecule has 4 atom stereocenters. The number of aliphatic hydroxyl groups is 2. The van der Waals surface area contributed by atoms with Crippen LogP contribution in [0.4, 0.5) is 0 Å². The Labute approximate surface area is 146 Å². The standard InChI is InChI=1S/C15H26N3O4PS/c1-16-7-9-8-18(15(24)17-13(9)21)14-12(20)11(19)10(22-14)5-6-23(2,3)4/h8,10-12,14,16,19-20H,2,5-7H2,1,3-4H3,(H,17,21,24)/t10?,11-,12-,14-/m1/s1. The second-order valence-corrected chi connectivity index (χ2v) is 11.6. The van der Waals surface area contributed by atoms with Crippen LogP contribution in [0.3, 0.4) is 0 Å². The number of aromatic amines is 1. The predicted octanol–water partition coefficient (Wildman–Crippen LogP) is 0.344. The number of nitrogens with zero attached hydrogens (tertiary/aromatic N) is 1. The molecule has 2 rings (SSSR count). The molecule has 1 fully saturated rings. The Kier molecular flexibility index (Phi) is 6.23. The van der Waals surface area contributed by atoms with Gasteiger partial charge in [-0.2, -0.15) is 0 Å². The Morgan fingerprint density at radius 3 is 2.71 bits per heavy atom. The number of aliphatic hydroxyl groups excluding tert-OH is 2. The number of ether oxygens (including phenoxy) is 1. The molecular formula is C15H26N3O4PS. The smallest absolute Gasteiger partial charge is 0.256 e. The molecule has 1 aliphatic rings. The first-order chi connectivity index (χ1) is 11.1. The van der Waals surface area contributed by atoms with Gasteiger partial charge in [0.25, 0.3) is 5.56 Å². The van der Waals surface area contributed by atoms with Crippen LogP contribution in [0.5, 0.6) is 0 Å². The lowest BCUT2D eigenvalue weighted by molar-refractivity contribution is -0.0392. The van der Waals surface area contributed by atoms with Crippen molar-refractivity contribution < 1.29 is 14.9 Å². The molecule has 9 heteroatoms. The van der Waals surface area contributed by atoms with Gasteiger partial charge in [0.15, 0.2) is 11.0 Å². The van der Waals surface area contributed by atoms with E-state index in [9.17, 15) is 15.0 Å². The number of H-pyrrole nitrogens is 1. The van der Waals surface area contributed by atoms with Crippen LogP contribution < -0.4 is 10.9 Å². The Hall–Kier alpha value is -0.760. The van der Waals surface area contributed by atoms with Crippen LogP contribution in [-0.2, 0) is 11.3 Å². The fourth-order valence-corrected chi connectivity index (χ4v) is 3.91. The third-order valence-corrected chi connectivity index (χ3v) is 5.82. The van der Waals surface area contributed by atoms with Crippen molar-refractivity contribution in [3.05, 3.63) is 26.9 Å². The van der Waals surface area contributed by atoms with E-state index in [0.29, 0.717) is 18.5 Å². The molecule has 1 saturated heterocycles. The molecule has 1 unspecified atom stereocenters. The summed E-state index contributed by atoms with van der Waals surface area (Å²) in [6, 6.07) is 0.